The molecule has 0 unspecified atom stereocenters. The number of hydrogen-bond donors (Lipinski definition) is 1. The van der Waals surface area contributed by atoms with Gasteiger partial charge in [0, 0.05) is 6.20 Å². The summed E-state index contributed by atoms with van der Waals surface area (Å²) in [5, 5.41) is 2.72. The van der Waals surface area contributed by atoms with Crippen LogP contribution in [0, 0.1) is 6.92 Å². The van der Waals surface area contributed by atoms with E-state index in [4.69, 9.17) is 9.47 Å². The molecule has 0 saturated heterocycles. The Morgan fingerprint density at radius 2 is 1.97 bits per heavy atom. The van der Waals surface area contributed by atoms with Crippen molar-refractivity contribution in [2.45, 2.75) is 17.9 Å². The molecule has 2 aromatic carbocycles. The summed E-state index contributed by atoms with van der Waals surface area (Å²) in [6.07, 6.45) is 2.06. The fourth-order valence-electron chi connectivity index (χ4n) is 3.26. The van der Waals surface area contributed by atoms with Gasteiger partial charge in [0.05, 0.1) is 36.1 Å². The second-order valence-electron chi connectivity index (χ2n) is 7.02. The maximum atomic E-state index is 13.4. The van der Waals surface area contributed by atoms with Crippen molar-refractivity contribution in [1.29, 1.82) is 0 Å². The van der Waals surface area contributed by atoms with Crippen LogP contribution in [-0.2, 0) is 14.8 Å². The Morgan fingerprint density at radius 3 is 2.65 bits per heavy atom. The maximum absolute atomic E-state index is 13.4. The molecule has 2 heterocycles. The first kappa shape index (κ1) is 20.7. The average molecular weight is 439 g/mol. The van der Waals surface area contributed by atoms with Crippen LogP contribution in [0.5, 0.6) is 11.5 Å². The summed E-state index contributed by atoms with van der Waals surface area (Å²) in [6, 6.07) is 14.7. The molecule has 1 aliphatic heterocycles. The summed E-state index contributed by atoms with van der Waals surface area (Å²) in [6.45, 7) is 1.70. The quantitative estimate of drug-likeness (QED) is 0.656. The number of nitrogens with one attached hydrogen (secondary N) is 1. The first-order valence-electron chi connectivity index (χ1n) is 9.53. The van der Waals surface area contributed by atoms with E-state index in [1.807, 2.05) is 6.92 Å². The molecule has 0 fully saturated rings. The third-order valence-corrected chi connectivity index (χ3v) is 6.65. The number of methoxy groups -OCH3 is 1. The number of nitrogens with zero attached hydrogens (tertiary/aromatic N) is 2. The molecular formula is C22H21N3O5S. The van der Waals surface area contributed by atoms with Gasteiger partial charge in [-0.1, -0.05) is 6.07 Å². The maximum Gasteiger partial charge on any atom is 0.267 e. The highest BCUT2D eigenvalue weighted by atomic mass is 32.2. The molecule has 3 aromatic rings. The Kier molecular flexibility index (Phi) is 5.51. The van der Waals surface area contributed by atoms with Crippen LogP contribution in [0.4, 0.5) is 11.4 Å². The van der Waals surface area contributed by atoms with E-state index in [1.165, 1.54) is 29.7 Å². The molecule has 1 atom stereocenters. The second-order valence-corrected chi connectivity index (χ2v) is 8.88. The average Bonchev–Trinajstić information content (AvgIpc) is 2.78. The summed E-state index contributed by atoms with van der Waals surface area (Å²) in [4.78, 5) is 16.9. The zero-order valence-corrected chi connectivity index (χ0v) is 17.8. The molecule has 0 saturated carbocycles. The van der Waals surface area contributed by atoms with Gasteiger partial charge in [-0.2, -0.15) is 0 Å². The first-order chi connectivity index (χ1) is 14.9. The van der Waals surface area contributed by atoms with Gasteiger partial charge in [-0.25, -0.2) is 8.42 Å². The van der Waals surface area contributed by atoms with E-state index in [0.717, 1.165) is 5.56 Å². The van der Waals surface area contributed by atoms with Crippen molar-refractivity contribution in [2.75, 3.05) is 23.3 Å². The molecule has 1 aromatic heterocycles. The number of hydrogen-bond acceptors (Lipinski definition) is 6. The first-order valence-corrected chi connectivity index (χ1v) is 11.0. The standard InChI is InChI=1S/C22H21N3O5S/c1-15-5-10-19-20(12-15)30-21(22(26)24-16-4-3-11-23-13-16)14-25(19)31(27,28)18-8-6-17(29-2)7-9-18/h3-13,21H,14H2,1-2H3,(H,24,26)/t21-/m0/s1. The van der Waals surface area contributed by atoms with E-state index >= 15 is 0 Å². The lowest BCUT2D eigenvalue weighted by atomic mass is 10.1. The van der Waals surface area contributed by atoms with Crippen molar-refractivity contribution in [3.05, 3.63) is 72.6 Å². The number of pyridine rings is 1. The van der Waals surface area contributed by atoms with Crippen molar-refractivity contribution in [1.82, 2.24) is 4.98 Å². The molecule has 8 nitrogen and oxygen atoms in total. The lowest BCUT2D eigenvalue weighted by Crippen LogP contribution is -2.48. The normalized spacial score (nSPS) is 15.5. The summed E-state index contributed by atoms with van der Waals surface area (Å²) in [7, 11) is -2.44. The van der Waals surface area contributed by atoms with Crippen LogP contribution in [0.15, 0.2) is 71.9 Å². The van der Waals surface area contributed by atoms with E-state index in [9.17, 15) is 13.2 Å². The number of aromatic nitrogens is 1. The van der Waals surface area contributed by atoms with Crippen molar-refractivity contribution >= 4 is 27.3 Å². The van der Waals surface area contributed by atoms with Gasteiger partial charge in [0.15, 0.2) is 6.10 Å². The Bertz CT molecular complexity index is 1200. The monoisotopic (exact) mass is 439 g/mol. The number of carbonyl (C=O) groups excluding carboxylic acids is 1. The van der Waals surface area contributed by atoms with E-state index in [1.54, 1.807) is 48.7 Å². The molecule has 0 spiro atoms. The highest BCUT2D eigenvalue weighted by molar-refractivity contribution is 7.92. The molecule has 160 valence electrons. The van der Waals surface area contributed by atoms with Crippen LogP contribution < -0.4 is 19.1 Å². The number of sulfonamides is 1. The molecule has 1 N–H and O–H groups in total. The van der Waals surface area contributed by atoms with E-state index in [2.05, 4.69) is 10.3 Å². The van der Waals surface area contributed by atoms with Gasteiger partial charge in [-0.05, 0) is 61.0 Å². The van der Waals surface area contributed by atoms with Gasteiger partial charge < -0.3 is 14.8 Å². The number of anilines is 2. The highest BCUT2D eigenvalue weighted by Crippen LogP contribution is 2.38. The second kappa shape index (κ2) is 8.27. The number of fused-ring (bicyclic) bond motifs is 1. The van der Waals surface area contributed by atoms with Gasteiger partial charge in [-0.3, -0.25) is 14.1 Å². The summed E-state index contributed by atoms with van der Waals surface area (Å²) in [5.74, 6) is 0.412. The Labute approximate surface area is 180 Å². The molecular weight excluding hydrogens is 418 g/mol. The zero-order valence-electron chi connectivity index (χ0n) is 17.0. The molecule has 0 aliphatic carbocycles. The minimum Gasteiger partial charge on any atom is -0.497 e. The van der Waals surface area contributed by atoms with E-state index < -0.39 is 22.0 Å². The van der Waals surface area contributed by atoms with Gasteiger partial charge in [0.1, 0.15) is 11.5 Å². The Morgan fingerprint density at radius 1 is 1.19 bits per heavy atom. The minimum atomic E-state index is -3.95. The van der Waals surface area contributed by atoms with Crippen LogP contribution in [0.3, 0.4) is 0 Å². The van der Waals surface area contributed by atoms with Gasteiger partial charge >= 0.3 is 0 Å². The number of carbonyl (C=O) groups is 1. The van der Waals surface area contributed by atoms with Gasteiger partial charge in [0.25, 0.3) is 15.9 Å². The lowest BCUT2D eigenvalue weighted by Gasteiger charge is -2.35. The van der Waals surface area contributed by atoms with E-state index in [-0.39, 0.29) is 11.4 Å². The predicted octanol–water partition coefficient (Wildman–Crippen LogP) is 2.99. The third kappa shape index (κ3) is 4.17. The number of ether oxygens (including phenoxy) is 2. The Balaban J connectivity index is 1.69. The molecule has 1 aliphatic rings. The Hall–Kier alpha value is -3.59. The predicted molar refractivity (Wildman–Crippen MR) is 116 cm³/mol. The third-order valence-electron chi connectivity index (χ3n) is 4.85. The van der Waals surface area contributed by atoms with Crippen molar-refractivity contribution in [3.63, 3.8) is 0 Å². The highest BCUT2D eigenvalue weighted by Gasteiger charge is 2.37. The van der Waals surface area contributed by atoms with Crippen LogP contribution in [0.2, 0.25) is 0 Å². The van der Waals surface area contributed by atoms with Crippen molar-refractivity contribution in [2.24, 2.45) is 0 Å². The summed E-state index contributed by atoms with van der Waals surface area (Å²) >= 11 is 0. The van der Waals surface area contributed by atoms with Crippen molar-refractivity contribution in [3.8, 4) is 11.5 Å². The molecule has 9 heteroatoms. The number of aryl methyl sites for hydroxylation is 1. The number of amides is 1. The van der Waals surface area contributed by atoms with E-state index in [0.29, 0.717) is 22.9 Å². The van der Waals surface area contributed by atoms with Crippen LogP contribution in [-0.4, -0.2) is 39.1 Å². The van der Waals surface area contributed by atoms with Crippen LogP contribution in [0.1, 0.15) is 5.56 Å². The molecule has 4 rings (SSSR count). The molecule has 1 amide bonds. The summed E-state index contributed by atoms with van der Waals surface area (Å²) in [5.41, 5.74) is 1.76. The number of benzene rings is 2. The fourth-order valence-corrected chi connectivity index (χ4v) is 4.74. The lowest BCUT2D eigenvalue weighted by molar-refractivity contribution is -0.122. The largest absolute Gasteiger partial charge is 0.497 e. The van der Waals surface area contributed by atoms with Crippen molar-refractivity contribution < 1.29 is 22.7 Å². The minimum absolute atomic E-state index is 0.0909. The van der Waals surface area contributed by atoms with Crippen LogP contribution in [0.25, 0.3) is 0 Å². The SMILES string of the molecule is COc1ccc(S(=O)(=O)N2C[C@@H](C(=O)Nc3cccnc3)Oc3cc(C)ccc32)cc1. The fraction of sp³-hybridized carbons (Fsp3) is 0.182. The van der Waals surface area contributed by atoms with Gasteiger partial charge in [0.2, 0.25) is 0 Å². The molecule has 31 heavy (non-hydrogen) atoms. The number of rotatable bonds is 5. The summed E-state index contributed by atoms with van der Waals surface area (Å²) < 4.78 is 39.1. The smallest absolute Gasteiger partial charge is 0.267 e. The zero-order chi connectivity index (χ0) is 22.0. The molecule has 0 radical (unpaired) electrons. The van der Waals surface area contributed by atoms with Crippen LogP contribution >= 0.6 is 0 Å². The topological polar surface area (TPSA) is 97.8 Å². The van der Waals surface area contributed by atoms with Gasteiger partial charge in [-0.15, -0.1) is 0 Å². The molecule has 0 bridgehead atoms.